The van der Waals surface area contributed by atoms with E-state index in [4.69, 9.17) is 3.67 Å². The Balaban J connectivity index is 0. The first-order valence-corrected chi connectivity index (χ1v) is 5.98. The summed E-state index contributed by atoms with van der Waals surface area (Å²) in [6.07, 6.45) is 0. The van der Waals surface area contributed by atoms with Gasteiger partial charge in [-0.3, -0.25) is 0 Å². The van der Waals surface area contributed by atoms with Gasteiger partial charge in [-0.25, -0.2) is 0 Å². The van der Waals surface area contributed by atoms with Crippen LogP contribution in [0.2, 0.25) is 6.55 Å². The van der Waals surface area contributed by atoms with Gasteiger partial charge in [0.15, 0.2) is 0 Å². The molecule has 2 rings (SSSR count). The molecule has 0 fully saturated rings. The number of rotatable bonds is 1. The Bertz CT molecular complexity index is 359. The van der Waals surface area contributed by atoms with Crippen LogP contribution in [0.25, 0.3) is 10.8 Å². The van der Waals surface area contributed by atoms with E-state index in [1.807, 2.05) is 0 Å². The third kappa shape index (κ3) is 4.58. The number of hydrogen-bond acceptors (Lipinski definition) is 1. The molecular formula is C10H11Cl2OSiV-. The Labute approximate surface area is 114 Å². The summed E-state index contributed by atoms with van der Waals surface area (Å²) in [5, 5.41) is 4.21. The van der Waals surface area contributed by atoms with Gasteiger partial charge in [-0.1, -0.05) is 12.6 Å². The topological polar surface area (TPSA) is 17.1 Å². The zero-order valence-corrected chi connectivity index (χ0v) is 12.2. The van der Waals surface area contributed by atoms with Gasteiger partial charge < -0.3 is 0 Å². The van der Waals surface area contributed by atoms with Crippen LogP contribution in [0, 0.1) is 0 Å². The summed E-state index contributed by atoms with van der Waals surface area (Å²) in [4.78, 5) is 0. The van der Waals surface area contributed by atoms with Gasteiger partial charge in [0.2, 0.25) is 0 Å². The van der Waals surface area contributed by atoms with E-state index in [-0.39, 0.29) is 24.8 Å². The van der Waals surface area contributed by atoms with E-state index in [1.165, 1.54) is 16.0 Å². The summed E-state index contributed by atoms with van der Waals surface area (Å²) >= 11 is 1.06. The van der Waals surface area contributed by atoms with Crippen molar-refractivity contribution in [2.24, 2.45) is 0 Å². The average molecular weight is 297 g/mol. The zero-order chi connectivity index (χ0) is 9.68. The fourth-order valence-corrected chi connectivity index (χ4v) is 1.89. The summed E-state index contributed by atoms with van der Waals surface area (Å²) in [6.45, 7) is 2.22. The molecule has 0 bridgehead atoms. The Morgan fingerprint density at radius 2 is 1.80 bits per heavy atom. The third-order valence-electron chi connectivity index (χ3n) is 1.91. The maximum absolute atomic E-state index is 8.19. The maximum atomic E-state index is 8.19. The van der Waals surface area contributed by atoms with Gasteiger partial charge in [0.05, 0.1) is 9.52 Å². The summed E-state index contributed by atoms with van der Waals surface area (Å²) in [5.41, 5.74) is 0. The van der Waals surface area contributed by atoms with Crippen molar-refractivity contribution in [3.63, 3.8) is 0 Å². The summed E-state index contributed by atoms with van der Waals surface area (Å²) in [5.74, 6) is 0. The molecule has 0 aliphatic heterocycles. The minimum atomic E-state index is 0. The van der Waals surface area contributed by atoms with Crippen molar-refractivity contribution < 1.29 is 21.0 Å². The summed E-state index contributed by atoms with van der Waals surface area (Å²) in [7, 11) is 0.913. The molecule has 15 heavy (non-hydrogen) atoms. The van der Waals surface area contributed by atoms with Crippen molar-refractivity contribution >= 4 is 50.3 Å². The Kier molecular flexibility index (Phi) is 10.7. The van der Waals surface area contributed by atoms with E-state index < -0.39 is 0 Å². The Morgan fingerprint density at radius 3 is 2.33 bits per heavy atom. The Morgan fingerprint density at radius 1 is 1.20 bits per heavy atom. The normalized spacial score (nSPS) is 8.00. The van der Waals surface area contributed by atoms with Crippen LogP contribution in [0.4, 0.5) is 0 Å². The molecule has 0 aliphatic rings. The molecule has 0 heterocycles. The second-order valence-corrected chi connectivity index (χ2v) is 3.70. The second-order valence-electron chi connectivity index (χ2n) is 2.62. The first-order chi connectivity index (χ1) is 6.40. The van der Waals surface area contributed by atoms with Gasteiger partial charge in [0.25, 0.3) is 0 Å². The molecule has 0 saturated carbocycles. The molecule has 1 nitrogen and oxygen atoms in total. The summed E-state index contributed by atoms with van der Waals surface area (Å²) < 4.78 is 8.19. The van der Waals surface area contributed by atoms with Gasteiger partial charge in [0, 0.05) is 0 Å². The van der Waals surface area contributed by atoms with Crippen LogP contribution < -0.4 is 5.19 Å². The fraction of sp³-hybridized carbons (Fsp3) is 0.100. The molecule has 0 unspecified atom stereocenters. The molecule has 0 aliphatic carbocycles. The van der Waals surface area contributed by atoms with Crippen LogP contribution >= 0.6 is 24.8 Å². The minimum absolute atomic E-state index is 0. The molecular weight excluding hydrogens is 286 g/mol. The molecule has 0 N–H and O–H groups in total. The third-order valence-corrected chi connectivity index (χ3v) is 2.77. The zero-order valence-electron chi connectivity index (χ0n) is 8.14. The van der Waals surface area contributed by atoms with E-state index in [1.54, 1.807) is 0 Å². The molecule has 0 atom stereocenters. The van der Waals surface area contributed by atoms with Gasteiger partial charge in [-0.15, -0.1) is 54.5 Å². The van der Waals surface area contributed by atoms with Crippen LogP contribution in [0.5, 0.6) is 0 Å². The predicted molar refractivity (Wildman–Crippen MR) is 66.0 cm³/mol. The van der Waals surface area contributed by atoms with Crippen molar-refractivity contribution in [1.29, 1.82) is 0 Å². The average Bonchev–Trinajstić information content (AvgIpc) is 2.63. The van der Waals surface area contributed by atoms with Gasteiger partial charge in [0.1, 0.15) is 0 Å². The molecule has 2 aromatic rings. The van der Waals surface area contributed by atoms with E-state index in [9.17, 15) is 0 Å². The van der Waals surface area contributed by atoms with E-state index in [0.717, 1.165) is 26.9 Å². The van der Waals surface area contributed by atoms with Crippen molar-refractivity contribution in [2.75, 3.05) is 0 Å². The molecule has 0 aromatic heterocycles. The van der Waals surface area contributed by atoms with Gasteiger partial charge in [-0.2, -0.15) is 16.6 Å². The fourth-order valence-electron chi connectivity index (χ4n) is 1.29. The molecule has 0 amide bonds. The van der Waals surface area contributed by atoms with Crippen molar-refractivity contribution in [3.8, 4) is 0 Å². The van der Waals surface area contributed by atoms with E-state index >= 15 is 0 Å². The molecule has 2 aromatic carbocycles. The number of benzene rings is 1. The quantitative estimate of drug-likeness (QED) is 0.584. The van der Waals surface area contributed by atoms with Crippen molar-refractivity contribution in [1.82, 2.24) is 0 Å². The van der Waals surface area contributed by atoms with Crippen molar-refractivity contribution in [3.05, 3.63) is 36.4 Å². The van der Waals surface area contributed by atoms with Crippen LogP contribution in [0.15, 0.2) is 36.4 Å². The number of halogens is 2. The van der Waals surface area contributed by atoms with Crippen LogP contribution in [0.1, 0.15) is 0 Å². The number of fused-ring (bicyclic) bond motifs is 1. The SMILES string of the molecule is C[Si]c1cc2ccccc2[cH-]1.Cl.Cl.[O]=[V]. The summed E-state index contributed by atoms with van der Waals surface area (Å²) in [6, 6.07) is 13.1. The van der Waals surface area contributed by atoms with E-state index in [2.05, 4.69) is 42.9 Å². The first kappa shape index (κ1) is 17.4. The van der Waals surface area contributed by atoms with Gasteiger partial charge >= 0.3 is 21.0 Å². The molecule has 0 spiro atoms. The Hall–Kier alpha value is 0.0113. The standard InChI is InChI=1S/C10H9Si.2ClH.O.V/c1-11-10-6-8-4-2-3-5-9(8)7-10;;;;/h2-7H,1H3;2*1H;;/q-1;;;;. The van der Waals surface area contributed by atoms with Crippen LogP contribution in [0.3, 0.4) is 0 Å². The molecule has 5 heteroatoms. The predicted octanol–water partition coefficient (Wildman–Crippen LogP) is 2.66. The van der Waals surface area contributed by atoms with Gasteiger partial charge in [-0.05, 0) is 0 Å². The van der Waals surface area contributed by atoms with Crippen molar-refractivity contribution in [2.45, 2.75) is 6.55 Å². The molecule has 2 radical (unpaired) electrons. The first-order valence-electron chi connectivity index (χ1n) is 3.91. The monoisotopic (exact) mass is 296 g/mol. The number of hydrogen-bond donors (Lipinski definition) is 0. The van der Waals surface area contributed by atoms with E-state index in [0.29, 0.717) is 0 Å². The molecule has 81 valence electrons. The second kappa shape index (κ2) is 9.25. The van der Waals surface area contributed by atoms with Crippen LogP contribution in [-0.4, -0.2) is 9.52 Å². The molecule has 0 saturated heterocycles. The van der Waals surface area contributed by atoms with Crippen LogP contribution in [-0.2, 0) is 21.0 Å².